The number of ketones is 1. The third-order valence-corrected chi connectivity index (χ3v) is 3.21. The van der Waals surface area contributed by atoms with Crippen LogP contribution in [0.3, 0.4) is 0 Å². The van der Waals surface area contributed by atoms with E-state index >= 15 is 0 Å². The molecule has 1 fully saturated rings. The van der Waals surface area contributed by atoms with Crippen molar-refractivity contribution in [2.45, 2.75) is 26.2 Å². The van der Waals surface area contributed by atoms with Crippen LogP contribution in [0.25, 0.3) is 0 Å². The summed E-state index contributed by atoms with van der Waals surface area (Å²) in [7, 11) is 0. The first kappa shape index (κ1) is 11.2. The predicted molar refractivity (Wildman–Crippen MR) is 58.6 cm³/mol. The van der Waals surface area contributed by atoms with Crippen molar-refractivity contribution in [3.63, 3.8) is 0 Å². The molecule has 2 unspecified atom stereocenters. The zero-order chi connectivity index (χ0) is 11.5. The summed E-state index contributed by atoms with van der Waals surface area (Å²) in [6.07, 6.45) is 4.11. The van der Waals surface area contributed by atoms with Crippen LogP contribution in [0.1, 0.15) is 26.2 Å². The van der Waals surface area contributed by atoms with Crippen molar-refractivity contribution in [1.29, 1.82) is 0 Å². The van der Waals surface area contributed by atoms with Gasteiger partial charge in [-0.1, -0.05) is 6.08 Å². The number of allylic oxidation sites excluding steroid dienone is 2. The standard InChI is InChI=1S/C12H17NO3/c1-2-16-12(15)8-6-9-10(13-7-8)4-3-5-11(9)14/h4,8-9,13H,2-3,5-7H2,1H3. The number of hydrogen-bond acceptors (Lipinski definition) is 4. The van der Waals surface area contributed by atoms with Crippen LogP contribution >= 0.6 is 0 Å². The van der Waals surface area contributed by atoms with Crippen molar-refractivity contribution < 1.29 is 14.3 Å². The Bertz CT molecular complexity index is 335. The monoisotopic (exact) mass is 223 g/mol. The summed E-state index contributed by atoms with van der Waals surface area (Å²) >= 11 is 0. The van der Waals surface area contributed by atoms with E-state index in [1.165, 1.54) is 0 Å². The highest BCUT2D eigenvalue weighted by atomic mass is 16.5. The smallest absolute Gasteiger partial charge is 0.310 e. The molecule has 1 aliphatic carbocycles. The molecule has 0 amide bonds. The molecule has 4 nitrogen and oxygen atoms in total. The Labute approximate surface area is 95.0 Å². The summed E-state index contributed by atoms with van der Waals surface area (Å²) in [6.45, 7) is 2.79. The molecule has 0 spiro atoms. The van der Waals surface area contributed by atoms with Crippen molar-refractivity contribution >= 4 is 11.8 Å². The summed E-state index contributed by atoms with van der Waals surface area (Å²) in [5.41, 5.74) is 1.01. The first-order valence-corrected chi connectivity index (χ1v) is 5.85. The lowest BCUT2D eigenvalue weighted by molar-refractivity contribution is -0.149. The second kappa shape index (κ2) is 4.68. The molecular weight excluding hydrogens is 206 g/mol. The number of nitrogens with one attached hydrogen (secondary N) is 1. The van der Waals surface area contributed by atoms with Crippen molar-refractivity contribution in [2.24, 2.45) is 11.8 Å². The molecule has 1 heterocycles. The molecule has 88 valence electrons. The van der Waals surface area contributed by atoms with E-state index in [0.29, 0.717) is 26.0 Å². The Morgan fingerprint density at radius 1 is 1.62 bits per heavy atom. The number of Topliss-reactive ketones (excluding diaryl/α,β-unsaturated/α-hetero) is 1. The lowest BCUT2D eigenvalue weighted by Gasteiger charge is -2.33. The number of esters is 1. The molecule has 0 aromatic rings. The molecule has 2 aliphatic rings. The molecule has 0 radical (unpaired) electrons. The molecule has 16 heavy (non-hydrogen) atoms. The minimum absolute atomic E-state index is 0.100. The summed E-state index contributed by atoms with van der Waals surface area (Å²) in [6, 6.07) is 0. The molecular formula is C12H17NO3. The van der Waals surface area contributed by atoms with Crippen LogP contribution in [0.15, 0.2) is 11.8 Å². The van der Waals surface area contributed by atoms with Crippen LogP contribution in [0, 0.1) is 11.8 Å². The quantitative estimate of drug-likeness (QED) is 0.710. The molecule has 1 aliphatic heterocycles. The normalized spacial score (nSPS) is 28.8. The van der Waals surface area contributed by atoms with Gasteiger partial charge < -0.3 is 10.1 Å². The van der Waals surface area contributed by atoms with Gasteiger partial charge in [-0.25, -0.2) is 0 Å². The summed E-state index contributed by atoms with van der Waals surface area (Å²) in [4.78, 5) is 23.3. The Balaban J connectivity index is 2.03. The van der Waals surface area contributed by atoms with Gasteiger partial charge in [0.1, 0.15) is 5.78 Å². The van der Waals surface area contributed by atoms with E-state index in [1.807, 2.05) is 0 Å². The molecule has 4 heteroatoms. The van der Waals surface area contributed by atoms with Crippen molar-refractivity contribution in [3.8, 4) is 0 Å². The Morgan fingerprint density at radius 2 is 2.44 bits per heavy atom. The highest BCUT2D eigenvalue weighted by Crippen LogP contribution is 2.30. The lowest BCUT2D eigenvalue weighted by Crippen LogP contribution is -2.42. The maximum Gasteiger partial charge on any atom is 0.310 e. The van der Waals surface area contributed by atoms with Gasteiger partial charge in [-0.15, -0.1) is 0 Å². The topological polar surface area (TPSA) is 55.4 Å². The predicted octanol–water partition coefficient (Wildman–Crippen LogP) is 1.02. The average molecular weight is 223 g/mol. The Kier molecular flexibility index (Phi) is 3.27. The minimum Gasteiger partial charge on any atom is -0.466 e. The number of hydrogen-bond donors (Lipinski definition) is 1. The maximum absolute atomic E-state index is 11.7. The molecule has 2 atom stereocenters. The Morgan fingerprint density at radius 3 is 3.19 bits per heavy atom. The van der Waals surface area contributed by atoms with Crippen LogP contribution in [-0.4, -0.2) is 24.9 Å². The minimum atomic E-state index is -0.188. The van der Waals surface area contributed by atoms with Crippen LogP contribution in [-0.2, 0) is 14.3 Å². The zero-order valence-electron chi connectivity index (χ0n) is 9.49. The van der Waals surface area contributed by atoms with Gasteiger partial charge in [-0.05, 0) is 19.8 Å². The zero-order valence-corrected chi connectivity index (χ0v) is 9.49. The number of fused-ring (bicyclic) bond motifs is 1. The fourth-order valence-electron chi connectivity index (χ4n) is 2.36. The van der Waals surface area contributed by atoms with Gasteiger partial charge in [0.05, 0.1) is 18.4 Å². The SMILES string of the molecule is CCOC(=O)C1CNC2=CCCC(=O)C2C1. The fourth-order valence-corrected chi connectivity index (χ4v) is 2.36. The summed E-state index contributed by atoms with van der Waals surface area (Å²) in [5, 5.41) is 3.18. The van der Waals surface area contributed by atoms with Gasteiger partial charge in [0.15, 0.2) is 0 Å². The first-order chi connectivity index (χ1) is 7.72. The van der Waals surface area contributed by atoms with E-state index in [4.69, 9.17) is 4.74 Å². The van der Waals surface area contributed by atoms with Crippen molar-refractivity contribution in [3.05, 3.63) is 11.8 Å². The van der Waals surface area contributed by atoms with Gasteiger partial charge in [-0.2, -0.15) is 0 Å². The van der Waals surface area contributed by atoms with Crippen LogP contribution in [0.2, 0.25) is 0 Å². The molecule has 0 saturated carbocycles. The average Bonchev–Trinajstić information content (AvgIpc) is 2.29. The number of piperidine rings is 1. The van der Waals surface area contributed by atoms with Gasteiger partial charge >= 0.3 is 5.97 Å². The molecule has 1 N–H and O–H groups in total. The van der Waals surface area contributed by atoms with E-state index < -0.39 is 0 Å². The molecule has 1 saturated heterocycles. The fraction of sp³-hybridized carbons (Fsp3) is 0.667. The van der Waals surface area contributed by atoms with Crippen molar-refractivity contribution in [2.75, 3.05) is 13.2 Å². The van der Waals surface area contributed by atoms with Gasteiger partial charge in [0, 0.05) is 18.7 Å². The van der Waals surface area contributed by atoms with E-state index in [-0.39, 0.29) is 23.6 Å². The van der Waals surface area contributed by atoms with E-state index in [2.05, 4.69) is 11.4 Å². The van der Waals surface area contributed by atoms with E-state index in [0.717, 1.165) is 12.1 Å². The van der Waals surface area contributed by atoms with E-state index in [1.54, 1.807) is 6.92 Å². The number of carbonyl (C=O) groups excluding carboxylic acids is 2. The third kappa shape index (κ3) is 2.10. The van der Waals surface area contributed by atoms with Crippen LogP contribution < -0.4 is 5.32 Å². The van der Waals surface area contributed by atoms with Gasteiger partial charge in [0.25, 0.3) is 0 Å². The summed E-state index contributed by atoms with van der Waals surface area (Å²) in [5.74, 6) is -0.215. The molecule has 2 rings (SSSR count). The van der Waals surface area contributed by atoms with Gasteiger partial charge in [0.2, 0.25) is 0 Å². The number of ether oxygens (including phenoxy) is 1. The highest BCUT2D eigenvalue weighted by Gasteiger charge is 2.35. The van der Waals surface area contributed by atoms with E-state index in [9.17, 15) is 9.59 Å². The Hall–Kier alpha value is -1.32. The van der Waals surface area contributed by atoms with Gasteiger partial charge in [-0.3, -0.25) is 9.59 Å². The number of carbonyl (C=O) groups is 2. The second-order valence-electron chi connectivity index (χ2n) is 4.28. The second-order valence-corrected chi connectivity index (χ2v) is 4.28. The molecule has 0 aromatic heterocycles. The lowest BCUT2D eigenvalue weighted by atomic mass is 9.80. The summed E-state index contributed by atoms with van der Waals surface area (Å²) < 4.78 is 4.99. The maximum atomic E-state index is 11.7. The third-order valence-electron chi connectivity index (χ3n) is 3.21. The van der Waals surface area contributed by atoms with Crippen molar-refractivity contribution in [1.82, 2.24) is 5.32 Å². The number of rotatable bonds is 2. The van der Waals surface area contributed by atoms with Crippen LogP contribution in [0.5, 0.6) is 0 Å². The molecule has 0 aromatic carbocycles. The highest BCUT2D eigenvalue weighted by molar-refractivity contribution is 5.86. The van der Waals surface area contributed by atoms with Crippen LogP contribution in [0.4, 0.5) is 0 Å². The first-order valence-electron chi connectivity index (χ1n) is 5.85. The molecule has 0 bridgehead atoms. The largest absolute Gasteiger partial charge is 0.466 e.